The van der Waals surface area contributed by atoms with Gasteiger partial charge in [-0.15, -0.1) is 0 Å². The molecule has 0 saturated carbocycles. The summed E-state index contributed by atoms with van der Waals surface area (Å²) >= 11 is 0. The number of phenolic OH excluding ortho intramolecular Hbond substituents is 1. The number of rotatable bonds is 7. The quantitative estimate of drug-likeness (QED) is 0.440. The van der Waals surface area contributed by atoms with Gasteiger partial charge in [0.2, 0.25) is 0 Å². The molecule has 6 nitrogen and oxygen atoms in total. The zero-order valence-corrected chi connectivity index (χ0v) is 19.7. The maximum absolute atomic E-state index is 12.5. The molecule has 3 rings (SSSR count). The molecule has 3 aromatic carbocycles. The highest BCUT2D eigenvalue weighted by molar-refractivity contribution is 5.88. The van der Waals surface area contributed by atoms with Crippen molar-refractivity contribution in [3.63, 3.8) is 0 Å². The number of para-hydroxylation sites is 1. The van der Waals surface area contributed by atoms with Gasteiger partial charge in [0.15, 0.2) is 0 Å². The fraction of sp³-hybridized carbons (Fsp3) is 0.296. The van der Waals surface area contributed by atoms with Crippen LogP contribution in [0.25, 0.3) is 11.1 Å². The third kappa shape index (κ3) is 6.26. The van der Waals surface area contributed by atoms with Gasteiger partial charge in [-0.3, -0.25) is 5.32 Å². The van der Waals surface area contributed by atoms with Crippen LogP contribution in [0.1, 0.15) is 38.0 Å². The van der Waals surface area contributed by atoms with Crippen LogP contribution in [-0.4, -0.2) is 31.0 Å². The molecule has 0 radical (unpaired) electrons. The molecule has 0 heterocycles. The van der Waals surface area contributed by atoms with E-state index in [1.807, 2.05) is 75.4 Å². The van der Waals surface area contributed by atoms with E-state index in [-0.39, 0.29) is 5.75 Å². The monoisotopic (exact) mass is 449 g/mol. The number of carbonyl (C=O) groups excluding carboxylic acids is 1. The number of amides is 1. The first-order valence-corrected chi connectivity index (χ1v) is 10.8. The summed E-state index contributed by atoms with van der Waals surface area (Å²) in [5.41, 5.74) is 3.22. The van der Waals surface area contributed by atoms with Crippen molar-refractivity contribution in [3.8, 4) is 22.6 Å². The molecule has 0 aromatic heterocycles. The van der Waals surface area contributed by atoms with Crippen LogP contribution in [0.3, 0.4) is 0 Å². The van der Waals surface area contributed by atoms with E-state index in [0.717, 1.165) is 16.7 Å². The molecule has 1 amide bonds. The molecule has 1 atom stereocenters. The highest BCUT2D eigenvalue weighted by Crippen LogP contribution is 2.39. The van der Waals surface area contributed by atoms with Gasteiger partial charge in [-0.25, -0.2) is 4.79 Å². The van der Waals surface area contributed by atoms with Crippen molar-refractivity contribution in [2.75, 3.05) is 19.5 Å². The first kappa shape index (κ1) is 24.1. The van der Waals surface area contributed by atoms with E-state index < -0.39 is 17.8 Å². The van der Waals surface area contributed by atoms with Gasteiger partial charge in [-0.05, 0) is 50.1 Å². The van der Waals surface area contributed by atoms with Crippen LogP contribution in [-0.2, 0) is 15.9 Å². The number of ether oxygens (including phenoxy) is 3. The number of aromatic hydroxyl groups is 1. The summed E-state index contributed by atoms with van der Waals surface area (Å²) < 4.78 is 17.0. The maximum atomic E-state index is 12.5. The molecule has 0 aliphatic carbocycles. The molecule has 3 aromatic rings. The lowest BCUT2D eigenvalue weighted by Crippen LogP contribution is -2.27. The summed E-state index contributed by atoms with van der Waals surface area (Å²) in [4.78, 5) is 12.5. The minimum Gasteiger partial charge on any atom is -0.508 e. The van der Waals surface area contributed by atoms with Crippen molar-refractivity contribution >= 4 is 11.8 Å². The first-order chi connectivity index (χ1) is 15.7. The third-order valence-electron chi connectivity index (χ3n) is 5.07. The van der Waals surface area contributed by atoms with Gasteiger partial charge in [0.05, 0.1) is 13.2 Å². The summed E-state index contributed by atoms with van der Waals surface area (Å²) in [5, 5.41) is 13.2. The first-order valence-electron chi connectivity index (χ1n) is 10.8. The third-order valence-corrected chi connectivity index (χ3v) is 5.07. The van der Waals surface area contributed by atoms with Gasteiger partial charge in [0.1, 0.15) is 17.1 Å². The van der Waals surface area contributed by atoms with E-state index in [9.17, 15) is 9.90 Å². The van der Waals surface area contributed by atoms with Crippen LogP contribution in [0.4, 0.5) is 10.5 Å². The van der Waals surface area contributed by atoms with Gasteiger partial charge in [-0.2, -0.15) is 0 Å². The number of phenols is 1. The Morgan fingerprint density at radius 1 is 1.00 bits per heavy atom. The average Bonchev–Trinajstić information content (AvgIpc) is 2.77. The number of benzene rings is 3. The second kappa shape index (κ2) is 10.4. The molecule has 0 aliphatic heterocycles. The van der Waals surface area contributed by atoms with Crippen molar-refractivity contribution in [3.05, 3.63) is 77.9 Å². The molecular weight excluding hydrogens is 418 g/mol. The molecule has 2 N–H and O–H groups in total. The molecule has 33 heavy (non-hydrogen) atoms. The Labute approximate surface area is 195 Å². The van der Waals surface area contributed by atoms with E-state index in [1.165, 1.54) is 0 Å². The molecule has 0 saturated heterocycles. The topological polar surface area (TPSA) is 77.0 Å². The Morgan fingerprint density at radius 3 is 2.27 bits per heavy atom. The SMILES string of the molecule is COc1c(CC(OC)c2ccccc2O)cc(NC(=O)OC(C)(C)C)cc1-c1ccccc1. The van der Waals surface area contributed by atoms with E-state index in [0.29, 0.717) is 23.4 Å². The molecule has 0 bridgehead atoms. The van der Waals surface area contributed by atoms with Crippen molar-refractivity contribution in [2.45, 2.75) is 38.9 Å². The number of methoxy groups -OCH3 is 2. The zero-order valence-electron chi connectivity index (χ0n) is 19.7. The molecule has 174 valence electrons. The number of nitrogens with one attached hydrogen (secondary N) is 1. The Morgan fingerprint density at radius 2 is 1.67 bits per heavy atom. The van der Waals surface area contributed by atoms with E-state index in [1.54, 1.807) is 26.4 Å². The number of hydrogen-bond donors (Lipinski definition) is 2. The van der Waals surface area contributed by atoms with Gasteiger partial charge >= 0.3 is 6.09 Å². The highest BCUT2D eigenvalue weighted by Gasteiger charge is 2.22. The lowest BCUT2D eigenvalue weighted by Gasteiger charge is -2.23. The summed E-state index contributed by atoms with van der Waals surface area (Å²) in [7, 11) is 3.22. The second-order valence-corrected chi connectivity index (χ2v) is 8.70. The Bertz CT molecular complexity index is 1090. The van der Waals surface area contributed by atoms with Crippen molar-refractivity contribution < 1.29 is 24.1 Å². The number of hydrogen-bond acceptors (Lipinski definition) is 5. The molecule has 1 unspecified atom stereocenters. The van der Waals surface area contributed by atoms with Gasteiger partial charge < -0.3 is 19.3 Å². The van der Waals surface area contributed by atoms with Crippen LogP contribution in [0, 0.1) is 0 Å². The Balaban J connectivity index is 2.07. The predicted octanol–water partition coefficient (Wildman–Crippen LogP) is 6.35. The van der Waals surface area contributed by atoms with Crippen LogP contribution in [0.2, 0.25) is 0 Å². The van der Waals surface area contributed by atoms with Crippen LogP contribution >= 0.6 is 0 Å². The Hall–Kier alpha value is -3.51. The van der Waals surface area contributed by atoms with E-state index in [4.69, 9.17) is 14.2 Å². The zero-order chi connectivity index (χ0) is 24.0. The maximum Gasteiger partial charge on any atom is 0.412 e. The predicted molar refractivity (Wildman–Crippen MR) is 130 cm³/mol. The molecule has 6 heteroatoms. The molecule has 0 fully saturated rings. The van der Waals surface area contributed by atoms with Gasteiger partial charge in [0.25, 0.3) is 0 Å². The molecule has 0 aliphatic rings. The average molecular weight is 450 g/mol. The lowest BCUT2D eigenvalue weighted by molar-refractivity contribution is 0.0636. The fourth-order valence-electron chi connectivity index (χ4n) is 3.69. The number of carbonyl (C=O) groups is 1. The fourth-order valence-corrected chi connectivity index (χ4v) is 3.69. The van der Waals surface area contributed by atoms with Crippen molar-refractivity contribution in [2.24, 2.45) is 0 Å². The molecule has 0 spiro atoms. The summed E-state index contributed by atoms with van der Waals surface area (Å²) in [6.45, 7) is 5.45. The standard InChI is InChI=1S/C27H31NO5/c1-27(2,3)33-26(30)28-20-15-19(16-24(31-4)21-13-9-10-14-23(21)29)25(32-5)22(17-20)18-11-7-6-8-12-18/h6-15,17,24,29H,16H2,1-5H3,(H,28,30). The largest absolute Gasteiger partial charge is 0.508 e. The van der Waals surface area contributed by atoms with E-state index in [2.05, 4.69) is 5.32 Å². The Kier molecular flexibility index (Phi) is 7.61. The minimum absolute atomic E-state index is 0.162. The van der Waals surface area contributed by atoms with Crippen LogP contribution in [0.15, 0.2) is 66.7 Å². The van der Waals surface area contributed by atoms with Crippen LogP contribution in [0.5, 0.6) is 11.5 Å². The number of anilines is 1. The van der Waals surface area contributed by atoms with E-state index >= 15 is 0 Å². The van der Waals surface area contributed by atoms with Gasteiger partial charge in [0, 0.05) is 30.3 Å². The summed E-state index contributed by atoms with van der Waals surface area (Å²) in [5.74, 6) is 0.836. The molecular formula is C27H31NO5. The smallest absolute Gasteiger partial charge is 0.412 e. The van der Waals surface area contributed by atoms with Crippen LogP contribution < -0.4 is 10.1 Å². The normalized spacial score (nSPS) is 12.2. The minimum atomic E-state index is -0.617. The summed E-state index contributed by atoms with van der Waals surface area (Å²) in [6, 6.07) is 20.6. The van der Waals surface area contributed by atoms with Gasteiger partial charge in [-0.1, -0.05) is 48.5 Å². The second-order valence-electron chi connectivity index (χ2n) is 8.70. The highest BCUT2D eigenvalue weighted by atomic mass is 16.6. The lowest BCUT2D eigenvalue weighted by atomic mass is 9.94. The van der Waals surface area contributed by atoms with Crippen molar-refractivity contribution in [1.29, 1.82) is 0 Å². The summed E-state index contributed by atoms with van der Waals surface area (Å²) in [6.07, 6.45) is -0.539. The van der Waals surface area contributed by atoms with Crippen molar-refractivity contribution in [1.82, 2.24) is 0 Å².